The fourth-order valence-electron chi connectivity index (χ4n) is 2.09. The summed E-state index contributed by atoms with van der Waals surface area (Å²) in [7, 11) is -3.95. The summed E-state index contributed by atoms with van der Waals surface area (Å²) in [6.07, 6.45) is 0.539. The van der Waals surface area contributed by atoms with Crippen molar-refractivity contribution in [3.63, 3.8) is 0 Å². The molecule has 2 aromatic carbocycles. The van der Waals surface area contributed by atoms with Gasteiger partial charge in [-0.1, -0.05) is 29.8 Å². The molecule has 3 N–H and O–H groups in total. The van der Waals surface area contributed by atoms with Crippen LogP contribution in [0.15, 0.2) is 59.2 Å². The Kier molecular flexibility index (Phi) is 5.69. The summed E-state index contributed by atoms with van der Waals surface area (Å²) in [4.78, 5) is 22.5. The number of ketones is 1. The monoisotopic (exact) mass is 395 g/mol. The molecule has 26 heavy (non-hydrogen) atoms. The summed E-state index contributed by atoms with van der Waals surface area (Å²) < 4.78 is 27.4. The fourth-order valence-corrected chi connectivity index (χ4v) is 3.64. The number of anilines is 1. The lowest BCUT2D eigenvalue weighted by Crippen LogP contribution is -2.14. The van der Waals surface area contributed by atoms with Gasteiger partial charge < -0.3 is 10.2 Å². The number of aliphatic hydroxyl groups excluding tert-OH is 1. The van der Waals surface area contributed by atoms with Gasteiger partial charge in [-0.25, -0.2) is 13.2 Å². The highest BCUT2D eigenvalue weighted by Crippen LogP contribution is 2.25. The average Bonchev–Trinajstić information content (AvgIpc) is 2.56. The Morgan fingerprint density at radius 3 is 2.42 bits per heavy atom. The van der Waals surface area contributed by atoms with Gasteiger partial charge >= 0.3 is 5.97 Å². The van der Waals surface area contributed by atoms with Gasteiger partial charge in [0.05, 0.1) is 4.90 Å². The summed E-state index contributed by atoms with van der Waals surface area (Å²) >= 11 is 5.95. The maximum absolute atomic E-state index is 12.5. The zero-order chi connectivity index (χ0) is 19.5. The lowest BCUT2D eigenvalue weighted by molar-refractivity contribution is -0.135. The minimum atomic E-state index is -3.95. The molecule has 0 radical (unpaired) electrons. The molecule has 0 saturated carbocycles. The maximum atomic E-state index is 12.5. The number of sulfonamides is 1. The van der Waals surface area contributed by atoms with Crippen LogP contribution in [0, 0.1) is 6.92 Å². The van der Waals surface area contributed by atoms with Crippen LogP contribution < -0.4 is 4.72 Å². The van der Waals surface area contributed by atoms with Crippen molar-refractivity contribution in [3.8, 4) is 0 Å². The summed E-state index contributed by atoms with van der Waals surface area (Å²) in [5, 5.41) is 18.0. The van der Waals surface area contributed by atoms with Crippen molar-refractivity contribution in [1.82, 2.24) is 0 Å². The number of benzene rings is 2. The standard InChI is InChI=1S/C17H14ClNO6S/c1-10-13(18)6-3-7-16(10)26(24,25)19-12-5-2-4-11(8-12)14(20)9-15(21)17(22)23/h2-9,19,21H,1H3,(H,22,23)/b15-9+. The molecule has 0 fully saturated rings. The van der Waals surface area contributed by atoms with E-state index in [2.05, 4.69) is 4.72 Å². The number of carboxylic acids is 1. The third-order valence-corrected chi connectivity index (χ3v) is 5.33. The smallest absolute Gasteiger partial charge is 0.371 e. The van der Waals surface area contributed by atoms with Gasteiger partial charge in [0.1, 0.15) is 0 Å². The molecule has 0 unspecified atom stereocenters. The Bertz CT molecular complexity index is 1010. The van der Waals surface area contributed by atoms with Crippen molar-refractivity contribution in [3.05, 3.63) is 70.4 Å². The molecule has 0 aliphatic carbocycles. The first-order valence-corrected chi connectivity index (χ1v) is 9.04. The number of hydrogen-bond donors (Lipinski definition) is 3. The van der Waals surface area contributed by atoms with Crippen molar-refractivity contribution >= 4 is 39.1 Å². The van der Waals surface area contributed by atoms with E-state index in [-0.39, 0.29) is 16.1 Å². The van der Waals surface area contributed by atoms with E-state index in [1.807, 2.05) is 0 Å². The highest BCUT2D eigenvalue weighted by molar-refractivity contribution is 7.92. The molecule has 0 atom stereocenters. The van der Waals surface area contributed by atoms with E-state index in [1.54, 1.807) is 13.0 Å². The zero-order valence-corrected chi connectivity index (χ0v) is 15.0. The molecule has 0 bridgehead atoms. The first kappa shape index (κ1) is 19.5. The largest absolute Gasteiger partial charge is 0.502 e. The highest BCUT2D eigenvalue weighted by atomic mass is 35.5. The number of carbonyl (C=O) groups is 2. The topological polar surface area (TPSA) is 121 Å². The van der Waals surface area contributed by atoms with Crippen LogP contribution in [0.2, 0.25) is 5.02 Å². The van der Waals surface area contributed by atoms with Crippen molar-refractivity contribution in [2.45, 2.75) is 11.8 Å². The number of hydrogen-bond acceptors (Lipinski definition) is 5. The van der Waals surface area contributed by atoms with Gasteiger partial charge in [-0.15, -0.1) is 0 Å². The number of aliphatic hydroxyl groups is 1. The van der Waals surface area contributed by atoms with E-state index in [0.29, 0.717) is 16.7 Å². The van der Waals surface area contributed by atoms with Crippen LogP contribution in [0.25, 0.3) is 0 Å². The van der Waals surface area contributed by atoms with Crippen molar-refractivity contribution < 1.29 is 28.2 Å². The van der Waals surface area contributed by atoms with Gasteiger partial charge in [0.15, 0.2) is 5.78 Å². The molecule has 0 aliphatic heterocycles. The molecule has 2 aromatic rings. The van der Waals surface area contributed by atoms with Crippen molar-refractivity contribution in [2.75, 3.05) is 4.72 Å². The van der Waals surface area contributed by atoms with Gasteiger partial charge in [0.25, 0.3) is 10.0 Å². The second-order valence-electron chi connectivity index (χ2n) is 5.25. The predicted octanol–water partition coefficient (Wildman–Crippen LogP) is 3.16. The second-order valence-corrected chi connectivity index (χ2v) is 7.31. The maximum Gasteiger partial charge on any atom is 0.371 e. The van der Waals surface area contributed by atoms with Gasteiger partial charge in [0, 0.05) is 22.3 Å². The normalized spacial score (nSPS) is 11.8. The Morgan fingerprint density at radius 2 is 1.77 bits per heavy atom. The average molecular weight is 396 g/mol. The van der Waals surface area contributed by atoms with Crippen LogP contribution in [0.3, 0.4) is 0 Å². The highest BCUT2D eigenvalue weighted by Gasteiger charge is 2.19. The van der Waals surface area contributed by atoms with Gasteiger partial charge in [-0.05, 0) is 36.8 Å². The summed E-state index contributed by atoms with van der Waals surface area (Å²) in [6, 6.07) is 9.89. The Morgan fingerprint density at radius 1 is 1.12 bits per heavy atom. The minimum absolute atomic E-state index is 0.000756. The second kappa shape index (κ2) is 7.59. The van der Waals surface area contributed by atoms with Gasteiger partial charge in [0.2, 0.25) is 5.76 Å². The number of carbonyl (C=O) groups excluding carboxylic acids is 1. The van der Waals surface area contributed by atoms with E-state index in [0.717, 1.165) is 0 Å². The molecule has 9 heteroatoms. The lowest BCUT2D eigenvalue weighted by Gasteiger charge is -2.11. The first-order valence-electron chi connectivity index (χ1n) is 7.18. The van der Waals surface area contributed by atoms with Gasteiger partial charge in [-0.3, -0.25) is 9.52 Å². The van der Waals surface area contributed by atoms with E-state index in [1.165, 1.54) is 36.4 Å². The van der Waals surface area contributed by atoms with Crippen LogP contribution in [-0.4, -0.2) is 30.4 Å². The van der Waals surface area contributed by atoms with Crippen LogP contribution >= 0.6 is 11.6 Å². The molecule has 2 rings (SSSR count). The van der Waals surface area contributed by atoms with Crippen LogP contribution in [-0.2, 0) is 14.8 Å². The van der Waals surface area contributed by atoms with E-state index in [4.69, 9.17) is 21.8 Å². The number of halogens is 1. The molecular formula is C17H14ClNO6S. The van der Waals surface area contributed by atoms with Crippen LogP contribution in [0.1, 0.15) is 15.9 Å². The van der Waals surface area contributed by atoms with Crippen LogP contribution in [0.4, 0.5) is 5.69 Å². The SMILES string of the molecule is Cc1c(Cl)cccc1S(=O)(=O)Nc1cccc(C(=O)/C=C(/O)C(=O)O)c1. The molecule has 0 aliphatic rings. The first-order chi connectivity index (χ1) is 12.1. The minimum Gasteiger partial charge on any atom is -0.502 e. The number of aliphatic carboxylic acids is 1. The third-order valence-electron chi connectivity index (χ3n) is 3.39. The van der Waals surface area contributed by atoms with E-state index in [9.17, 15) is 18.0 Å². The lowest BCUT2D eigenvalue weighted by atomic mass is 10.1. The van der Waals surface area contributed by atoms with Crippen LogP contribution in [0.5, 0.6) is 0 Å². The molecule has 0 heterocycles. The molecule has 0 spiro atoms. The fraction of sp³-hybridized carbons (Fsp3) is 0.0588. The van der Waals surface area contributed by atoms with Crippen molar-refractivity contribution in [1.29, 1.82) is 0 Å². The van der Waals surface area contributed by atoms with Crippen molar-refractivity contribution in [2.24, 2.45) is 0 Å². The molecule has 7 nitrogen and oxygen atoms in total. The Labute approximate surface area is 154 Å². The number of nitrogens with one attached hydrogen (secondary N) is 1. The Balaban J connectivity index is 2.34. The number of rotatable bonds is 6. The summed E-state index contributed by atoms with van der Waals surface area (Å²) in [5.74, 6) is -3.55. The molecular weight excluding hydrogens is 382 g/mol. The summed E-state index contributed by atoms with van der Waals surface area (Å²) in [5.41, 5.74) is 0.475. The molecule has 0 amide bonds. The molecule has 0 aromatic heterocycles. The van der Waals surface area contributed by atoms with E-state index < -0.39 is 27.5 Å². The number of allylic oxidation sites excluding steroid dienone is 1. The predicted molar refractivity (Wildman–Crippen MR) is 96.1 cm³/mol. The van der Waals surface area contributed by atoms with E-state index >= 15 is 0 Å². The quantitative estimate of drug-likeness (QED) is 0.392. The zero-order valence-electron chi connectivity index (χ0n) is 13.4. The Hall–Kier alpha value is -2.84. The number of carboxylic acid groups (broad SMARTS) is 1. The summed E-state index contributed by atoms with van der Waals surface area (Å²) in [6.45, 7) is 1.57. The molecule has 0 saturated heterocycles. The molecule has 136 valence electrons. The third kappa shape index (κ3) is 4.41. The van der Waals surface area contributed by atoms with Gasteiger partial charge in [-0.2, -0.15) is 0 Å².